The van der Waals surface area contributed by atoms with Crippen LogP contribution in [0.3, 0.4) is 0 Å². The van der Waals surface area contributed by atoms with Gasteiger partial charge in [-0.15, -0.1) is 0 Å². The number of ether oxygens (including phenoxy) is 2. The van der Waals surface area contributed by atoms with Crippen LogP contribution >= 0.6 is 0 Å². The Hall–Kier alpha value is -4.55. The highest BCUT2D eigenvalue weighted by atomic mass is 19.1. The minimum absolute atomic E-state index is 0.0947. The molecule has 2 heterocycles. The molecule has 1 aromatic heterocycles. The second-order valence-electron chi connectivity index (χ2n) is 9.19. The number of rotatable bonds is 11. The summed E-state index contributed by atoms with van der Waals surface area (Å²) >= 11 is 0. The summed E-state index contributed by atoms with van der Waals surface area (Å²) in [6, 6.07) is 16.0. The number of hydrogen-bond acceptors (Lipinski definition) is 6. The van der Waals surface area contributed by atoms with Crippen LogP contribution in [0.5, 0.6) is 5.75 Å². The van der Waals surface area contributed by atoms with E-state index in [1.165, 1.54) is 6.07 Å². The lowest BCUT2D eigenvalue weighted by atomic mass is 9.93. The number of carbonyl (C=O) groups is 2. The Morgan fingerprint density at radius 2 is 1.85 bits per heavy atom. The average molecular weight is 543 g/mol. The van der Waals surface area contributed by atoms with E-state index < -0.39 is 17.6 Å². The molecule has 0 radical (unpaired) electrons. The van der Waals surface area contributed by atoms with Gasteiger partial charge in [0.25, 0.3) is 11.8 Å². The summed E-state index contributed by atoms with van der Waals surface area (Å²) in [6.45, 7) is 6.81. The molecule has 0 unspecified atom stereocenters. The van der Waals surface area contributed by atoms with Crippen LogP contribution in [0.1, 0.15) is 39.2 Å². The second kappa shape index (κ2) is 13.0. The van der Waals surface area contributed by atoms with Gasteiger partial charge in [-0.3, -0.25) is 14.5 Å². The Labute approximate surface area is 232 Å². The van der Waals surface area contributed by atoms with Gasteiger partial charge in [0.05, 0.1) is 12.3 Å². The molecule has 0 saturated carbocycles. The SMILES string of the molecule is CCCOc1ccc(-c2nn(-c3ccccc3)cc2/C=C2/C(=O)N(CCCOCC)C(=O)C(C#N)=C2C)cc1F. The molecule has 40 heavy (non-hydrogen) atoms. The molecule has 0 aliphatic carbocycles. The number of para-hydroxylation sites is 1. The van der Waals surface area contributed by atoms with Gasteiger partial charge < -0.3 is 9.47 Å². The highest BCUT2D eigenvalue weighted by Gasteiger charge is 2.35. The molecule has 1 aliphatic heterocycles. The van der Waals surface area contributed by atoms with Crippen molar-refractivity contribution >= 4 is 17.9 Å². The first kappa shape index (κ1) is 28.5. The van der Waals surface area contributed by atoms with Gasteiger partial charge in [-0.1, -0.05) is 25.1 Å². The van der Waals surface area contributed by atoms with E-state index in [1.54, 1.807) is 36.0 Å². The Balaban J connectivity index is 1.82. The molecule has 2 amide bonds. The van der Waals surface area contributed by atoms with Crippen LogP contribution in [-0.4, -0.2) is 52.9 Å². The predicted molar refractivity (Wildman–Crippen MR) is 149 cm³/mol. The molecule has 206 valence electrons. The molecule has 8 nitrogen and oxygen atoms in total. The van der Waals surface area contributed by atoms with E-state index in [-0.39, 0.29) is 29.0 Å². The molecule has 0 bridgehead atoms. The lowest BCUT2D eigenvalue weighted by molar-refractivity contribution is -0.140. The minimum atomic E-state index is -0.622. The number of hydrogen-bond donors (Lipinski definition) is 0. The average Bonchev–Trinajstić information content (AvgIpc) is 3.39. The number of aromatic nitrogens is 2. The first-order valence-corrected chi connectivity index (χ1v) is 13.2. The highest BCUT2D eigenvalue weighted by Crippen LogP contribution is 2.32. The molecule has 0 N–H and O–H groups in total. The Bertz CT molecular complexity index is 1500. The number of nitrogens with zero attached hydrogens (tertiary/aromatic N) is 4. The summed E-state index contributed by atoms with van der Waals surface area (Å²) in [5.41, 5.74) is 2.59. The number of nitriles is 1. The summed E-state index contributed by atoms with van der Waals surface area (Å²) in [7, 11) is 0. The third-order valence-corrected chi connectivity index (χ3v) is 6.43. The molecule has 0 spiro atoms. The van der Waals surface area contributed by atoms with E-state index in [1.807, 2.05) is 50.2 Å². The van der Waals surface area contributed by atoms with E-state index in [9.17, 15) is 19.2 Å². The fourth-order valence-electron chi connectivity index (χ4n) is 4.36. The predicted octanol–water partition coefficient (Wildman–Crippen LogP) is 5.49. The molecular weight excluding hydrogens is 511 g/mol. The normalized spacial score (nSPS) is 14.7. The summed E-state index contributed by atoms with van der Waals surface area (Å²) in [5, 5.41) is 14.5. The van der Waals surface area contributed by atoms with Crippen molar-refractivity contribution in [3.05, 3.63) is 82.8 Å². The maximum Gasteiger partial charge on any atom is 0.271 e. The summed E-state index contributed by atoms with van der Waals surface area (Å²) in [5.74, 6) is -1.51. The van der Waals surface area contributed by atoms with Gasteiger partial charge in [0.15, 0.2) is 11.6 Å². The number of benzene rings is 2. The smallest absolute Gasteiger partial charge is 0.271 e. The van der Waals surface area contributed by atoms with Crippen LogP contribution in [0.2, 0.25) is 0 Å². The molecule has 0 atom stereocenters. The Kier molecular flexibility index (Phi) is 9.25. The quantitative estimate of drug-likeness (QED) is 0.181. The number of carbonyl (C=O) groups excluding carboxylic acids is 2. The van der Waals surface area contributed by atoms with Crippen molar-refractivity contribution in [2.24, 2.45) is 0 Å². The van der Waals surface area contributed by atoms with E-state index in [0.717, 1.165) is 17.0 Å². The van der Waals surface area contributed by atoms with Gasteiger partial charge in [-0.25, -0.2) is 9.07 Å². The van der Waals surface area contributed by atoms with Crippen LogP contribution in [0.25, 0.3) is 23.0 Å². The molecular formula is C31H31FN4O4. The zero-order chi connectivity index (χ0) is 28.6. The number of imide groups is 1. The van der Waals surface area contributed by atoms with Crippen LogP contribution in [0, 0.1) is 17.1 Å². The van der Waals surface area contributed by atoms with Crippen LogP contribution in [-0.2, 0) is 14.3 Å². The van der Waals surface area contributed by atoms with Crippen molar-refractivity contribution in [3.8, 4) is 28.8 Å². The molecule has 4 rings (SSSR count). The summed E-state index contributed by atoms with van der Waals surface area (Å²) in [4.78, 5) is 27.6. The molecule has 2 aromatic carbocycles. The third-order valence-electron chi connectivity index (χ3n) is 6.43. The lowest BCUT2D eigenvalue weighted by Gasteiger charge is -2.27. The van der Waals surface area contributed by atoms with Gasteiger partial charge in [-0.05, 0) is 68.7 Å². The van der Waals surface area contributed by atoms with Crippen molar-refractivity contribution in [1.29, 1.82) is 5.26 Å². The molecule has 0 fully saturated rings. The van der Waals surface area contributed by atoms with E-state index in [2.05, 4.69) is 0 Å². The maximum absolute atomic E-state index is 14.9. The fraction of sp³-hybridized carbons (Fsp3) is 0.290. The van der Waals surface area contributed by atoms with E-state index >= 15 is 0 Å². The fourth-order valence-corrected chi connectivity index (χ4v) is 4.36. The van der Waals surface area contributed by atoms with Gasteiger partial charge in [-0.2, -0.15) is 10.4 Å². The summed E-state index contributed by atoms with van der Waals surface area (Å²) in [6.07, 6.45) is 4.54. The zero-order valence-corrected chi connectivity index (χ0v) is 22.8. The largest absolute Gasteiger partial charge is 0.491 e. The van der Waals surface area contributed by atoms with Crippen molar-refractivity contribution in [2.75, 3.05) is 26.4 Å². The minimum Gasteiger partial charge on any atom is -0.491 e. The standard InChI is InChI=1S/C31H31FN4O4/c1-4-15-40-28-13-12-22(18-27(28)32)29-23(20-36(34-29)24-10-7-6-8-11-24)17-25-21(3)26(19-33)31(38)35(30(25)37)14-9-16-39-5-2/h6-8,10-13,17-18,20H,4-5,9,14-16H2,1-3H3/b25-17+. The number of halogens is 1. The third kappa shape index (κ3) is 6.03. The molecule has 1 aliphatic rings. The monoisotopic (exact) mass is 542 g/mol. The molecule has 3 aromatic rings. The maximum atomic E-state index is 14.9. The summed E-state index contributed by atoms with van der Waals surface area (Å²) < 4.78 is 27.4. The lowest BCUT2D eigenvalue weighted by Crippen LogP contribution is -2.43. The van der Waals surface area contributed by atoms with Gasteiger partial charge in [0.1, 0.15) is 17.3 Å². The van der Waals surface area contributed by atoms with Crippen LogP contribution in [0.4, 0.5) is 4.39 Å². The Morgan fingerprint density at radius 1 is 1.07 bits per heavy atom. The van der Waals surface area contributed by atoms with Crippen molar-refractivity contribution in [3.63, 3.8) is 0 Å². The topological polar surface area (TPSA) is 97.4 Å². The van der Waals surface area contributed by atoms with Crippen LogP contribution in [0.15, 0.2) is 71.4 Å². The van der Waals surface area contributed by atoms with Gasteiger partial charge in [0, 0.05) is 42.7 Å². The first-order valence-electron chi connectivity index (χ1n) is 13.2. The number of amides is 2. The molecule has 0 saturated heterocycles. The van der Waals surface area contributed by atoms with Crippen molar-refractivity contribution in [2.45, 2.75) is 33.6 Å². The Morgan fingerprint density at radius 3 is 2.52 bits per heavy atom. The van der Waals surface area contributed by atoms with E-state index in [0.29, 0.717) is 43.1 Å². The van der Waals surface area contributed by atoms with Crippen LogP contribution < -0.4 is 4.74 Å². The first-order chi connectivity index (χ1) is 19.4. The van der Waals surface area contributed by atoms with Gasteiger partial charge in [0.2, 0.25) is 0 Å². The van der Waals surface area contributed by atoms with Crippen molar-refractivity contribution < 1.29 is 23.5 Å². The zero-order valence-electron chi connectivity index (χ0n) is 22.8. The van der Waals surface area contributed by atoms with Crippen molar-refractivity contribution in [1.82, 2.24) is 14.7 Å². The van der Waals surface area contributed by atoms with E-state index in [4.69, 9.17) is 14.6 Å². The molecule has 9 heteroatoms. The highest BCUT2D eigenvalue weighted by molar-refractivity contribution is 6.19. The second-order valence-corrected chi connectivity index (χ2v) is 9.19. The van der Waals surface area contributed by atoms with Gasteiger partial charge >= 0.3 is 0 Å².